The second-order valence-electron chi connectivity index (χ2n) is 6.55. The molecule has 0 spiro atoms. The fraction of sp³-hybridized carbons (Fsp3) is 0.417. The largest absolute Gasteiger partial charge is 0.103 e. The van der Waals surface area contributed by atoms with Gasteiger partial charge in [-0.3, -0.25) is 0 Å². The van der Waals surface area contributed by atoms with Crippen molar-refractivity contribution in [3.63, 3.8) is 0 Å². The zero-order chi connectivity index (χ0) is 16.9. The van der Waals surface area contributed by atoms with Gasteiger partial charge in [-0.1, -0.05) is 66.0 Å². The standard InChI is InChI=1S/C24H30/c1-2-3-8-18-23(24-20-13-7-14-21-24)19-12-5-4-9-15-22-16-10-6-11-17-22/h2,5,7,12-14,17,20-21,23H,1,3-4,8-10,15-16,18-19H2/b12-5+. The van der Waals surface area contributed by atoms with E-state index in [1.807, 2.05) is 6.08 Å². The minimum absolute atomic E-state index is 0.638. The lowest BCUT2D eigenvalue weighted by Crippen LogP contribution is -1.97. The first-order chi connectivity index (χ1) is 11.9. The van der Waals surface area contributed by atoms with E-state index in [1.54, 1.807) is 0 Å². The molecule has 1 aromatic carbocycles. The summed E-state index contributed by atoms with van der Waals surface area (Å²) in [5, 5.41) is 0. The zero-order valence-corrected chi connectivity index (χ0v) is 14.8. The van der Waals surface area contributed by atoms with Crippen molar-refractivity contribution in [2.24, 2.45) is 0 Å². The van der Waals surface area contributed by atoms with Crippen LogP contribution >= 0.6 is 0 Å². The fourth-order valence-electron chi connectivity index (χ4n) is 3.20. The number of rotatable bonds is 11. The monoisotopic (exact) mass is 318 g/mol. The first-order valence-corrected chi connectivity index (χ1v) is 9.37. The van der Waals surface area contributed by atoms with E-state index in [0.717, 1.165) is 19.3 Å². The smallest absolute Gasteiger partial charge is 0.0130 e. The molecule has 0 radical (unpaired) electrons. The van der Waals surface area contributed by atoms with E-state index in [1.165, 1.54) is 49.7 Å². The average Bonchev–Trinajstić information content (AvgIpc) is 2.64. The molecule has 126 valence electrons. The highest BCUT2D eigenvalue weighted by Crippen LogP contribution is 2.26. The SMILES string of the molecule is C=CCCCC(C/C=C/CCCC1=CC#CCC1)c1ccccc1. The van der Waals surface area contributed by atoms with Crippen molar-refractivity contribution in [2.45, 2.75) is 63.7 Å². The van der Waals surface area contributed by atoms with Crippen molar-refractivity contribution in [3.05, 3.63) is 72.4 Å². The lowest BCUT2D eigenvalue weighted by molar-refractivity contribution is 0.601. The van der Waals surface area contributed by atoms with Gasteiger partial charge in [-0.05, 0) is 68.9 Å². The first kappa shape index (κ1) is 18.3. The Bertz CT molecular complexity index is 592. The molecule has 0 N–H and O–H groups in total. The quantitative estimate of drug-likeness (QED) is 0.235. The maximum Gasteiger partial charge on any atom is 0.0130 e. The van der Waals surface area contributed by atoms with Gasteiger partial charge in [0.25, 0.3) is 0 Å². The highest BCUT2D eigenvalue weighted by Gasteiger charge is 2.08. The minimum atomic E-state index is 0.638. The molecule has 0 saturated heterocycles. The lowest BCUT2D eigenvalue weighted by atomic mass is 9.90. The molecule has 1 aliphatic carbocycles. The summed E-state index contributed by atoms with van der Waals surface area (Å²) in [5.74, 6) is 6.87. The summed E-state index contributed by atoms with van der Waals surface area (Å²) in [6.07, 6.45) is 19.5. The van der Waals surface area contributed by atoms with Crippen molar-refractivity contribution in [1.29, 1.82) is 0 Å². The Kier molecular flexibility index (Phi) is 8.81. The van der Waals surface area contributed by atoms with Gasteiger partial charge in [0.1, 0.15) is 0 Å². The van der Waals surface area contributed by atoms with Crippen LogP contribution < -0.4 is 0 Å². The van der Waals surface area contributed by atoms with Crippen LogP contribution in [0.1, 0.15) is 69.3 Å². The van der Waals surface area contributed by atoms with Crippen LogP contribution in [0.5, 0.6) is 0 Å². The molecule has 0 fully saturated rings. The van der Waals surface area contributed by atoms with Crippen molar-refractivity contribution < 1.29 is 0 Å². The Morgan fingerprint density at radius 1 is 1.08 bits per heavy atom. The molecule has 0 aromatic heterocycles. The maximum absolute atomic E-state index is 3.84. The molecule has 0 saturated carbocycles. The third-order valence-corrected chi connectivity index (χ3v) is 4.64. The van der Waals surface area contributed by atoms with Crippen LogP contribution in [0.2, 0.25) is 0 Å². The molecular weight excluding hydrogens is 288 g/mol. The number of hydrogen-bond acceptors (Lipinski definition) is 0. The van der Waals surface area contributed by atoms with Crippen LogP contribution in [-0.2, 0) is 0 Å². The van der Waals surface area contributed by atoms with Crippen molar-refractivity contribution in [3.8, 4) is 11.8 Å². The Morgan fingerprint density at radius 2 is 1.96 bits per heavy atom. The summed E-state index contributed by atoms with van der Waals surface area (Å²) in [4.78, 5) is 0. The molecule has 0 heteroatoms. The predicted molar refractivity (Wildman–Crippen MR) is 106 cm³/mol. The number of benzene rings is 1. The van der Waals surface area contributed by atoms with Crippen LogP contribution in [0.3, 0.4) is 0 Å². The van der Waals surface area contributed by atoms with Gasteiger partial charge in [0, 0.05) is 6.42 Å². The summed E-state index contributed by atoms with van der Waals surface area (Å²) in [6.45, 7) is 3.84. The van der Waals surface area contributed by atoms with Gasteiger partial charge in [0.15, 0.2) is 0 Å². The van der Waals surface area contributed by atoms with Crippen molar-refractivity contribution >= 4 is 0 Å². The van der Waals surface area contributed by atoms with E-state index in [-0.39, 0.29) is 0 Å². The Labute approximate surface area is 148 Å². The Balaban J connectivity index is 1.73. The second kappa shape index (κ2) is 11.5. The molecule has 1 aromatic rings. The summed E-state index contributed by atoms with van der Waals surface area (Å²) in [7, 11) is 0. The van der Waals surface area contributed by atoms with E-state index >= 15 is 0 Å². The number of allylic oxidation sites excluding steroid dienone is 5. The van der Waals surface area contributed by atoms with Gasteiger partial charge in [0.2, 0.25) is 0 Å². The Morgan fingerprint density at radius 3 is 2.71 bits per heavy atom. The summed E-state index contributed by atoms with van der Waals surface area (Å²) in [6, 6.07) is 10.9. The normalized spacial score (nSPS) is 14.8. The Hall–Kier alpha value is -2.00. The molecule has 24 heavy (non-hydrogen) atoms. The summed E-state index contributed by atoms with van der Waals surface area (Å²) in [5.41, 5.74) is 3.01. The maximum atomic E-state index is 3.84. The molecule has 2 rings (SSSR count). The first-order valence-electron chi connectivity index (χ1n) is 9.37. The van der Waals surface area contributed by atoms with Gasteiger partial charge in [0.05, 0.1) is 0 Å². The van der Waals surface area contributed by atoms with Crippen molar-refractivity contribution in [1.82, 2.24) is 0 Å². The molecule has 1 unspecified atom stereocenters. The van der Waals surface area contributed by atoms with Crippen LogP contribution in [0, 0.1) is 11.8 Å². The average molecular weight is 319 g/mol. The van der Waals surface area contributed by atoms with Crippen LogP contribution in [0.4, 0.5) is 0 Å². The van der Waals surface area contributed by atoms with E-state index in [9.17, 15) is 0 Å². The third kappa shape index (κ3) is 7.05. The minimum Gasteiger partial charge on any atom is -0.103 e. The van der Waals surface area contributed by atoms with Gasteiger partial charge < -0.3 is 0 Å². The van der Waals surface area contributed by atoms with E-state index in [0.29, 0.717) is 5.92 Å². The molecule has 0 amide bonds. The molecule has 1 atom stereocenters. The summed E-state index contributed by atoms with van der Waals surface area (Å²) < 4.78 is 0. The highest BCUT2D eigenvalue weighted by molar-refractivity contribution is 5.26. The van der Waals surface area contributed by atoms with Gasteiger partial charge >= 0.3 is 0 Å². The fourth-order valence-corrected chi connectivity index (χ4v) is 3.20. The number of hydrogen-bond donors (Lipinski definition) is 0. The summed E-state index contributed by atoms with van der Waals surface area (Å²) >= 11 is 0. The third-order valence-electron chi connectivity index (χ3n) is 4.64. The number of unbranched alkanes of at least 4 members (excludes halogenated alkanes) is 2. The molecule has 0 bridgehead atoms. The van der Waals surface area contributed by atoms with E-state index in [2.05, 4.69) is 67.0 Å². The van der Waals surface area contributed by atoms with E-state index < -0.39 is 0 Å². The zero-order valence-electron chi connectivity index (χ0n) is 14.8. The molecular formula is C24H30. The molecule has 1 aliphatic rings. The molecule has 0 nitrogen and oxygen atoms in total. The topological polar surface area (TPSA) is 0 Å². The van der Waals surface area contributed by atoms with Crippen LogP contribution in [-0.4, -0.2) is 0 Å². The predicted octanol–water partition coefficient (Wildman–Crippen LogP) is 6.97. The lowest BCUT2D eigenvalue weighted by Gasteiger charge is -2.15. The van der Waals surface area contributed by atoms with Gasteiger partial charge in [-0.2, -0.15) is 0 Å². The van der Waals surface area contributed by atoms with Gasteiger partial charge in [-0.15, -0.1) is 6.58 Å². The second-order valence-corrected chi connectivity index (χ2v) is 6.55. The molecule has 0 aliphatic heterocycles. The van der Waals surface area contributed by atoms with Gasteiger partial charge in [-0.25, -0.2) is 0 Å². The van der Waals surface area contributed by atoms with Crippen molar-refractivity contribution in [2.75, 3.05) is 0 Å². The highest BCUT2D eigenvalue weighted by atomic mass is 14.1. The molecule has 0 heterocycles. The van der Waals surface area contributed by atoms with E-state index in [4.69, 9.17) is 0 Å². The van der Waals surface area contributed by atoms with Crippen LogP contribution in [0.25, 0.3) is 0 Å². The van der Waals surface area contributed by atoms with Crippen LogP contribution in [0.15, 0.2) is 66.8 Å².